The summed E-state index contributed by atoms with van der Waals surface area (Å²) in [6, 6.07) is 10.4. The van der Waals surface area contributed by atoms with E-state index in [4.69, 9.17) is 0 Å². The molecule has 0 N–H and O–H groups in total. The van der Waals surface area contributed by atoms with Crippen LogP contribution >= 0.6 is 0 Å². The van der Waals surface area contributed by atoms with E-state index in [1.165, 1.54) is 50.5 Å². The molecule has 2 nitrogen and oxygen atoms in total. The molecule has 1 rings (SSSR count). The molecule has 0 radical (unpaired) electrons. The van der Waals surface area contributed by atoms with Crippen LogP contribution in [0.15, 0.2) is 30.3 Å². The van der Waals surface area contributed by atoms with Crippen LogP contribution in [0.3, 0.4) is 0 Å². The molecule has 0 atom stereocenters. The molecule has 0 saturated heterocycles. The van der Waals surface area contributed by atoms with Crippen molar-refractivity contribution < 1.29 is 4.79 Å². The van der Waals surface area contributed by atoms with Crippen LogP contribution in [0.5, 0.6) is 0 Å². The molecule has 0 aromatic heterocycles. The predicted molar refractivity (Wildman–Crippen MR) is 99.9 cm³/mol. The van der Waals surface area contributed by atoms with E-state index in [1.54, 1.807) is 0 Å². The average molecular weight is 499 g/mol. The Morgan fingerprint density at radius 1 is 0.864 bits per heavy atom. The van der Waals surface area contributed by atoms with Gasteiger partial charge in [-0.05, 0) is 0 Å². The van der Waals surface area contributed by atoms with Gasteiger partial charge in [-0.15, -0.1) is 0 Å². The molecule has 22 heavy (non-hydrogen) atoms. The Balaban J connectivity index is 3.12. The third-order valence-corrected chi connectivity index (χ3v) is 25.0. The molecule has 0 fully saturated rings. The summed E-state index contributed by atoms with van der Waals surface area (Å²) in [4.78, 5) is 12.0. The first-order chi connectivity index (χ1) is 10.7. The molecule has 1 amide bonds. The number of para-hydroxylation sites is 1. The first kappa shape index (κ1) is 19.7. The minimum atomic E-state index is -2.82. The topological polar surface area (TPSA) is 20.3 Å². The van der Waals surface area contributed by atoms with Crippen molar-refractivity contribution in [3.63, 3.8) is 0 Å². The zero-order valence-electron chi connectivity index (χ0n) is 14.7. The van der Waals surface area contributed by atoms with Gasteiger partial charge < -0.3 is 0 Å². The van der Waals surface area contributed by atoms with Gasteiger partial charge >= 0.3 is 143 Å². The fourth-order valence-corrected chi connectivity index (χ4v) is 24.4. The number of carbonyl (C=O) groups is 1. The second-order valence-corrected chi connectivity index (χ2v) is 23.6. The molecule has 0 spiro atoms. The summed E-state index contributed by atoms with van der Waals surface area (Å²) < 4.78 is 6.25. The van der Waals surface area contributed by atoms with E-state index < -0.39 is 21.5 Å². The fraction of sp³-hybridized carbons (Fsp3) is 0.632. The predicted octanol–water partition coefficient (Wildman–Crippen LogP) is 6.00. The van der Waals surface area contributed by atoms with Crippen molar-refractivity contribution in [3.05, 3.63) is 30.3 Å². The van der Waals surface area contributed by atoms with Crippen molar-refractivity contribution in [2.75, 3.05) is 2.71 Å². The third kappa shape index (κ3) is 5.67. The second kappa shape index (κ2) is 11.2. The Labute approximate surface area is 142 Å². The van der Waals surface area contributed by atoms with Gasteiger partial charge in [0.25, 0.3) is 0 Å². The molecule has 1 aromatic carbocycles. The third-order valence-electron chi connectivity index (χ3n) is 4.64. The molecular weight excluding hydrogens is 465 g/mol. The zero-order chi connectivity index (χ0) is 16.3. The van der Waals surface area contributed by atoms with Gasteiger partial charge in [-0.3, -0.25) is 0 Å². The number of benzene rings is 1. The molecule has 1 aromatic rings. The van der Waals surface area contributed by atoms with Gasteiger partial charge in [-0.25, -0.2) is 0 Å². The van der Waals surface area contributed by atoms with Crippen LogP contribution < -0.4 is 2.71 Å². The summed E-state index contributed by atoms with van der Waals surface area (Å²) in [7, 11) is 0. The molecule has 0 aliphatic carbocycles. The average Bonchev–Trinajstić information content (AvgIpc) is 2.57. The second-order valence-electron chi connectivity index (χ2n) is 6.35. The normalized spacial score (nSPS) is 11.4. The standard InChI is InChI=1S/C7H7NO.3C4H9.Pb/c9-6-8-7-4-2-1-3-5-7;3*1-3-4-2;/h1-6H,(H,8,9);3*1,3-4H2,2H3;/q;;;;+1/p-1. The van der Waals surface area contributed by atoms with Crippen LogP contribution in [0, 0.1) is 0 Å². The van der Waals surface area contributed by atoms with Crippen LogP contribution in [0.25, 0.3) is 0 Å². The number of anilines is 1. The summed E-state index contributed by atoms with van der Waals surface area (Å²) in [6.07, 6.45) is 8.73. The van der Waals surface area contributed by atoms with Crippen molar-refractivity contribution >= 4 is 33.6 Å². The zero-order valence-corrected chi connectivity index (χ0v) is 18.6. The van der Waals surface area contributed by atoms with E-state index in [-0.39, 0.29) is 0 Å². The molecule has 0 heterocycles. The summed E-state index contributed by atoms with van der Waals surface area (Å²) in [5, 5.41) is 0. The van der Waals surface area contributed by atoms with Crippen LogP contribution in [0.4, 0.5) is 5.69 Å². The summed E-state index contributed by atoms with van der Waals surface area (Å²) in [6.45, 7) is 6.81. The SMILES string of the molecule is CCC[CH2][Pb]([CH2]CCC)([CH2]CCC)[N](C=O)c1ccccc1. The molecule has 0 aliphatic rings. The van der Waals surface area contributed by atoms with Crippen molar-refractivity contribution in [2.45, 2.75) is 71.2 Å². The van der Waals surface area contributed by atoms with E-state index in [1.807, 2.05) is 6.07 Å². The van der Waals surface area contributed by atoms with Gasteiger partial charge in [-0.1, -0.05) is 0 Å². The molecule has 3 heteroatoms. The number of hydrogen-bond donors (Lipinski definition) is 0. The van der Waals surface area contributed by atoms with E-state index in [2.05, 4.69) is 47.7 Å². The van der Waals surface area contributed by atoms with Crippen LogP contribution in [-0.2, 0) is 4.79 Å². The molecule has 0 aliphatic heterocycles. The van der Waals surface area contributed by atoms with E-state index in [0.717, 1.165) is 12.1 Å². The summed E-state index contributed by atoms with van der Waals surface area (Å²) in [5.74, 6) is 0. The van der Waals surface area contributed by atoms with Crippen molar-refractivity contribution in [3.8, 4) is 0 Å². The van der Waals surface area contributed by atoms with Crippen molar-refractivity contribution in [1.82, 2.24) is 0 Å². The van der Waals surface area contributed by atoms with E-state index in [9.17, 15) is 4.79 Å². The quantitative estimate of drug-likeness (QED) is 0.256. The Morgan fingerprint density at radius 3 is 1.68 bits per heavy atom. The molecule has 124 valence electrons. The fourth-order valence-electron chi connectivity index (χ4n) is 3.29. The van der Waals surface area contributed by atoms with Crippen LogP contribution in [0.1, 0.15) is 59.3 Å². The Hall–Kier alpha value is -0.388. The van der Waals surface area contributed by atoms with Gasteiger partial charge in [0.05, 0.1) is 0 Å². The number of nitrogens with zero attached hydrogens (tertiary/aromatic N) is 1. The summed E-state index contributed by atoms with van der Waals surface area (Å²) >= 11 is -2.82. The molecule has 0 saturated carbocycles. The monoisotopic (exact) mass is 499 g/mol. The van der Waals surface area contributed by atoms with E-state index >= 15 is 0 Å². The first-order valence-corrected chi connectivity index (χ1v) is 19.0. The number of carbonyl (C=O) groups excluding carboxylic acids is 1. The molecule has 0 bridgehead atoms. The van der Waals surface area contributed by atoms with Gasteiger partial charge in [0.15, 0.2) is 0 Å². The van der Waals surface area contributed by atoms with Crippen molar-refractivity contribution in [1.29, 1.82) is 0 Å². The Kier molecular flexibility index (Phi) is 10.0. The van der Waals surface area contributed by atoms with Crippen molar-refractivity contribution in [2.24, 2.45) is 0 Å². The van der Waals surface area contributed by atoms with Gasteiger partial charge in [-0.2, -0.15) is 0 Å². The van der Waals surface area contributed by atoms with Gasteiger partial charge in [0, 0.05) is 0 Å². The van der Waals surface area contributed by atoms with Gasteiger partial charge in [0.2, 0.25) is 0 Å². The number of amides is 1. The Morgan fingerprint density at radius 2 is 1.32 bits per heavy atom. The number of hydrogen-bond acceptors (Lipinski definition) is 1. The van der Waals surface area contributed by atoms with Crippen LogP contribution in [0.2, 0.25) is 11.9 Å². The first-order valence-electron chi connectivity index (χ1n) is 9.03. The maximum absolute atomic E-state index is 12.0. The number of unbranched alkanes of at least 4 members (excludes halogenated alkanes) is 3. The molecular formula is C19H33NOPb. The number of rotatable bonds is 12. The van der Waals surface area contributed by atoms with E-state index in [0.29, 0.717) is 0 Å². The van der Waals surface area contributed by atoms with Crippen LogP contribution in [-0.4, -0.2) is 27.9 Å². The van der Waals surface area contributed by atoms with Gasteiger partial charge in [0.1, 0.15) is 0 Å². The summed E-state index contributed by atoms with van der Waals surface area (Å²) in [5.41, 5.74) is 1.14. The maximum atomic E-state index is 12.0. The Bertz CT molecular complexity index is 385. The molecule has 0 unspecified atom stereocenters. The minimum absolute atomic E-state index is 1.14.